The van der Waals surface area contributed by atoms with Gasteiger partial charge < -0.3 is 10.3 Å². The highest BCUT2D eigenvalue weighted by Gasteiger charge is 2.21. The van der Waals surface area contributed by atoms with Crippen molar-refractivity contribution in [1.82, 2.24) is 35.1 Å². The van der Waals surface area contributed by atoms with Crippen LogP contribution in [0.3, 0.4) is 0 Å². The van der Waals surface area contributed by atoms with Gasteiger partial charge in [-0.15, -0.1) is 0 Å². The number of aromatic nitrogens is 7. The fourth-order valence-electron chi connectivity index (χ4n) is 4.14. The molecule has 182 valence electrons. The highest BCUT2D eigenvalue weighted by atomic mass is 19.1. The van der Waals surface area contributed by atoms with Gasteiger partial charge in [-0.05, 0) is 29.8 Å². The van der Waals surface area contributed by atoms with E-state index < -0.39 is 5.82 Å². The summed E-state index contributed by atoms with van der Waals surface area (Å²) in [6.07, 6.45) is 6.25. The van der Waals surface area contributed by atoms with Crippen molar-refractivity contribution < 1.29 is 13.6 Å². The molecule has 0 radical (unpaired) electrons. The van der Waals surface area contributed by atoms with E-state index in [1.54, 1.807) is 37.4 Å². The smallest absolute Gasteiger partial charge is 0.224 e. The van der Waals surface area contributed by atoms with Crippen LogP contribution in [0.2, 0.25) is 0 Å². The number of carbonyl (C=O) groups excluding carboxylic acids is 1. The molecule has 0 saturated carbocycles. The first-order valence-electron chi connectivity index (χ1n) is 11.4. The number of hydrogen-bond donors (Lipinski definition) is 3. The highest BCUT2D eigenvalue weighted by molar-refractivity contribution is 5.97. The van der Waals surface area contributed by atoms with E-state index >= 15 is 4.39 Å². The molecule has 0 spiro atoms. The SMILES string of the molecule is CCC(=O)Nc1cncc(-c2cnc3[nH]nc(-c4nc5c(-c6cccc(F)c6)ccnc5[nH]4)c3c2F)c1. The lowest BCUT2D eigenvalue weighted by atomic mass is 10.1. The topological polar surface area (TPSA) is 125 Å². The lowest BCUT2D eigenvalue weighted by Crippen LogP contribution is -2.09. The summed E-state index contributed by atoms with van der Waals surface area (Å²) in [7, 11) is 0. The Morgan fingerprint density at radius 1 is 1.00 bits per heavy atom. The number of hydrogen-bond acceptors (Lipinski definition) is 6. The first-order chi connectivity index (χ1) is 18.0. The minimum atomic E-state index is -0.576. The number of anilines is 1. The number of imidazole rings is 1. The van der Waals surface area contributed by atoms with Gasteiger partial charge in [-0.1, -0.05) is 19.1 Å². The number of H-pyrrole nitrogens is 2. The number of carbonyl (C=O) groups is 1. The molecule has 0 aliphatic rings. The van der Waals surface area contributed by atoms with Crippen molar-refractivity contribution in [2.75, 3.05) is 5.32 Å². The molecule has 6 rings (SSSR count). The van der Waals surface area contributed by atoms with Gasteiger partial charge >= 0.3 is 0 Å². The molecule has 5 heterocycles. The Balaban J connectivity index is 1.47. The van der Waals surface area contributed by atoms with Gasteiger partial charge in [-0.3, -0.25) is 14.9 Å². The summed E-state index contributed by atoms with van der Waals surface area (Å²) in [5, 5.41) is 9.86. The largest absolute Gasteiger partial charge is 0.325 e. The number of nitrogens with one attached hydrogen (secondary N) is 3. The molecule has 0 atom stereocenters. The normalized spacial score (nSPS) is 11.3. The number of aromatic amines is 2. The molecule has 3 N–H and O–H groups in total. The molecule has 0 bridgehead atoms. The molecular formula is C26H18F2N8O. The van der Waals surface area contributed by atoms with Gasteiger partial charge in [0.15, 0.2) is 17.1 Å². The van der Waals surface area contributed by atoms with E-state index in [9.17, 15) is 9.18 Å². The number of halogens is 2. The van der Waals surface area contributed by atoms with Gasteiger partial charge in [-0.2, -0.15) is 5.10 Å². The maximum absolute atomic E-state index is 15.9. The van der Waals surface area contributed by atoms with Crippen LogP contribution in [-0.2, 0) is 4.79 Å². The third-order valence-electron chi connectivity index (χ3n) is 5.92. The lowest BCUT2D eigenvalue weighted by molar-refractivity contribution is -0.115. The molecule has 0 fully saturated rings. The maximum atomic E-state index is 15.9. The molecule has 37 heavy (non-hydrogen) atoms. The second-order valence-electron chi connectivity index (χ2n) is 8.30. The van der Waals surface area contributed by atoms with Crippen molar-refractivity contribution in [3.63, 3.8) is 0 Å². The third-order valence-corrected chi connectivity index (χ3v) is 5.92. The summed E-state index contributed by atoms with van der Waals surface area (Å²) >= 11 is 0. The Labute approximate surface area is 208 Å². The Bertz CT molecular complexity index is 1810. The quantitative estimate of drug-likeness (QED) is 0.299. The first kappa shape index (κ1) is 22.4. The molecule has 6 aromatic rings. The van der Waals surface area contributed by atoms with Crippen LogP contribution in [0.25, 0.3) is 56.0 Å². The summed E-state index contributed by atoms with van der Waals surface area (Å²) in [6.45, 7) is 1.74. The van der Waals surface area contributed by atoms with Crippen LogP contribution in [-0.4, -0.2) is 41.0 Å². The van der Waals surface area contributed by atoms with E-state index in [1.165, 1.54) is 30.7 Å². The Hall–Kier alpha value is -5.06. The predicted octanol–water partition coefficient (Wildman–Crippen LogP) is 5.25. The van der Waals surface area contributed by atoms with Crippen LogP contribution in [0.15, 0.2) is 61.2 Å². The minimum Gasteiger partial charge on any atom is -0.325 e. The number of pyridine rings is 3. The van der Waals surface area contributed by atoms with E-state index in [2.05, 4.69) is 40.4 Å². The second kappa shape index (κ2) is 8.86. The van der Waals surface area contributed by atoms with Crippen molar-refractivity contribution in [2.24, 2.45) is 0 Å². The van der Waals surface area contributed by atoms with Crippen molar-refractivity contribution in [2.45, 2.75) is 13.3 Å². The molecule has 5 aromatic heterocycles. The highest BCUT2D eigenvalue weighted by Crippen LogP contribution is 2.34. The zero-order valence-corrected chi connectivity index (χ0v) is 19.4. The summed E-state index contributed by atoms with van der Waals surface area (Å²) < 4.78 is 29.8. The van der Waals surface area contributed by atoms with Crippen molar-refractivity contribution in [1.29, 1.82) is 0 Å². The van der Waals surface area contributed by atoms with Gasteiger partial charge in [0, 0.05) is 41.7 Å². The van der Waals surface area contributed by atoms with Crippen LogP contribution >= 0.6 is 0 Å². The summed E-state index contributed by atoms with van der Waals surface area (Å²) in [4.78, 5) is 32.3. The van der Waals surface area contributed by atoms with Crippen LogP contribution in [0, 0.1) is 11.6 Å². The Kier molecular flexibility index (Phi) is 5.37. The predicted molar refractivity (Wildman–Crippen MR) is 134 cm³/mol. The van der Waals surface area contributed by atoms with Gasteiger partial charge in [0.05, 0.1) is 17.3 Å². The van der Waals surface area contributed by atoms with E-state index in [1.807, 2.05) is 0 Å². The standard InChI is InChI=1S/C26H18F2N8O/c1-2-19(37)32-16-9-14(10-29-11-16)18-12-31-24-20(21(18)28)23(35-36-24)26-33-22-17(6-7-30-25(22)34-26)13-4-3-5-15(27)8-13/h3-12H,2H2,1H3,(H,32,37)(H,30,33,34)(H,31,35,36). The maximum Gasteiger partial charge on any atom is 0.224 e. The average Bonchev–Trinajstić information content (AvgIpc) is 3.53. The molecule has 0 aliphatic heterocycles. The molecule has 0 saturated heterocycles. The van der Waals surface area contributed by atoms with E-state index in [4.69, 9.17) is 0 Å². The molecule has 0 aliphatic carbocycles. The average molecular weight is 496 g/mol. The minimum absolute atomic E-state index is 0.131. The first-order valence-corrected chi connectivity index (χ1v) is 11.4. The second-order valence-corrected chi connectivity index (χ2v) is 8.30. The van der Waals surface area contributed by atoms with E-state index in [-0.39, 0.29) is 39.8 Å². The van der Waals surface area contributed by atoms with Gasteiger partial charge in [0.25, 0.3) is 0 Å². The summed E-state index contributed by atoms with van der Waals surface area (Å²) in [6, 6.07) is 9.53. The fraction of sp³-hybridized carbons (Fsp3) is 0.0769. The molecule has 0 unspecified atom stereocenters. The van der Waals surface area contributed by atoms with Crippen molar-refractivity contribution >= 4 is 33.8 Å². The monoisotopic (exact) mass is 496 g/mol. The van der Waals surface area contributed by atoms with Crippen molar-refractivity contribution in [3.8, 4) is 33.8 Å². The van der Waals surface area contributed by atoms with Gasteiger partial charge in [0.2, 0.25) is 5.91 Å². The van der Waals surface area contributed by atoms with E-state index in [0.29, 0.717) is 40.0 Å². The van der Waals surface area contributed by atoms with E-state index in [0.717, 1.165) is 0 Å². The summed E-state index contributed by atoms with van der Waals surface area (Å²) in [5.74, 6) is -0.850. The lowest BCUT2D eigenvalue weighted by Gasteiger charge is -2.07. The fourth-order valence-corrected chi connectivity index (χ4v) is 4.14. The van der Waals surface area contributed by atoms with Crippen LogP contribution in [0.4, 0.5) is 14.5 Å². The number of rotatable bonds is 5. The Morgan fingerprint density at radius 3 is 2.73 bits per heavy atom. The number of amides is 1. The van der Waals surface area contributed by atoms with Gasteiger partial charge in [0.1, 0.15) is 22.8 Å². The molecular weight excluding hydrogens is 478 g/mol. The number of nitrogens with zero attached hydrogens (tertiary/aromatic N) is 5. The molecule has 1 amide bonds. The Morgan fingerprint density at radius 2 is 1.89 bits per heavy atom. The van der Waals surface area contributed by atoms with Crippen molar-refractivity contribution in [3.05, 3.63) is 72.8 Å². The number of benzene rings is 1. The molecule has 9 nitrogen and oxygen atoms in total. The third kappa shape index (κ3) is 3.96. The van der Waals surface area contributed by atoms with Crippen LogP contribution in [0.1, 0.15) is 13.3 Å². The zero-order chi connectivity index (χ0) is 25.5. The molecule has 1 aromatic carbocycles. The summed E-state index contributed by atoms with van der Waals surface area (Å²) in [5.41, 5.74) is 3.76. The van der Waals surface area contributed by atoms with Crippen LogP contribution in [0.5, 0.6) is 0 Å². The number of fused-ring (bicyclic) bond motifs is 2. The molecule has 11 heteroatoms. The zero-order valence-electron chi connectivity index (χ0n) is 19.4. The van der Waals surface area contributed by atoms with Gasteiger partial charge in [-0.25, -0.2) is 23.7 Å². The van der Waals surface area contributed by atoms with Crippen LogP contribution < -0.4 is 5.32 Å².